The van der Waals surface area contributed by atoms with Crippen LogP contribution in [0.15, 0.2) is 68.5 Å². The number of likely N-dealkylation sites (tertiary alicyclic amines) is 2. The first-order chi connectivity index (χ1) is 31.3. The lowest BCUT2D eigenvalue weighted by Crippen LogP contribution is -2.55. The SMILES string of the molecule is C.COC[C@H]1OC(=O)/C(=C/N2CCCC2)C2=C(O)C(=O)C3=C([C@H](C)C[C@]4(C)C(O)CC[C@@H]34)[C@]21C.COC[C@H]1OC(=O)/C(=C\N2CCCC2)C2=C(O)C(=O)C3=C([C@H](C)C[C@]4(C)C(O)CC[C@@H]34)[C@]21C. The molecule has 10 rings (SSSR count). The lowest BCUT2D eigenvalue weighted by molar-refractivity contribution is -0.157. The molecule has 2 unspecified atom stereocenters. The minimum Gasteiger partial charge on any atom is -0.504 e. The highest BCUT2D eigenvalue weighted by atomic mass is 16.6. The fraction of sp³-hybridized carbons (Fsp3) is 0.698. The quantitative estimate of drug-likeness (QED) is 0.162. The molecular weight excluding hydrogens is 857 g/mol. The van der Waals surface area contributed by atoms with Gasteiger partial charge in [-0.25, -0.2) is 9.59 Å². The molecule has 2 saturated carbocycles. The number of fused-ring (bicyclic) bond motifs is 8. The Kier molecular flexibility index (Phi) is 12.9. The van der Waals surface area contributed by atoms with Gasteiger partial charge in [0, 0.05) is 85.9 Å². The van der Waals surface area contributed by atoms with Crippen molar-refractivity contribution < 1.29 is 58.6 Å². The standard InChI is InChI=1S/2C26H35NO6.CH4/c2*1-14-11-25(2)16(7-8-17(25)28)19-20(14)26(3)18(13-32-4)33-24(31)15(12-27-9-5-6-10-27)21(26)23(30)22(19)29;/h2*12,14,16-18,28,30H,5-11,13H2,1-4H3;1H4/b15-12+;15-12-;/t2*14-,16+,17?,18-,25+,26-;/m11./s1. The molecule has 4 heterocycles. The van der Waals surface area contributed by atoms with E-state index in [4.69, 9.17) is 18.9 Å². The number of aliphatic hydroxyl groups is 4. The largest absolute Gasteiger partial charge is 0.504 e. The van der Waals surface area contributed by atoms with Crippen molar-refractivity contribution in [1.82, 2.24) is 9.80 Å². The second-order valence-electron chi connectivity index (χ2n) is 21.9. The first-order valence-electron chi connectivity index (χ1n) is 24.4. The van der Waals surface area contributed by atoms with Crippen molar-refractivity contribution in [2.24, 2.45) is 45.3 Å². The van der Waals surface area contributed by atoms with Gasteiger partial charge in [0.2, 0.25) is 11.6 Å². The predicted octanol–water partition coefficient (Wildman–Crippen LogP) is 6.74. The van der Waals surface area contributed by atoms with Crippen molar-refractivity contribution in [3.63, 3.8) is 0 Å². The number of hydrogen-bond donors (Lipinski definition) is 4. The number of cyclic esters (lactones) is 2. The van der Waals surface area contributed by atoms with Crippen LogP contribution >= 0.6 is 0 Å². The zero-order chi connectivity index (χ0) is 47.4. The Hall–Kier alpha value is -4.24. The van der Waals surface area contributed by atoms with Gasteiger partial charge in [0.1, 0.15) is 12.2 Å². The summed E-state index contributed by atoms with van der Waals surface area (Å²) in [4.78, 5) is 58.0. The van der Waals surface area contributed by atoms with Gasteiger partial charge < -0.3 is 49.2 Å². The topological polar surface area (TPSA) is 193 Å². The molecular formula is C53H74N2O12. The van der Waals surface area contributed by atoms with Crippen molar-refractivity contribution in [2.45, 2.75) is 138 Å². The van der Waals surface area contributed by atoms with E-state index >= 15 is 0 Å². The smallest absolute Gasteiger partial charge is 0.340 e. The number of aliphatic hydroxyl groups excluding tert-OH is 4. The molecule has 14 nitrogen and oxygen atoms in total. The highest BCUT2D eigenvalue weighted by molar-refractivity contribution is 6.14. The molecule has 4 aliphatic heterocycles. The summed E-state index contributed by atoms with van der Waals surface area (Å²) < 4.78 is 22.8. The van der Waals surface area contributed by atoms with E-state index in [1.807, 2.05) is 13.8 Å². The molecule has 14 heteroatoms. The first-order valence-corrected chi connectivity index (χ1v) is 24.4. The highest BCUT2D eigenvalue weighted by Crippen LogP contribution is 2.66. The molecule has 0 aromatic heterocycles. The number of rotatable bonds is 6. The van der Waals surface area contributed by atoms with Crippen molar-refractivity contribution in [3.05, 3.63) is 68.5 Å². The van der Waals surface area contributed by atoms with E-state index in [1.54, 1.807) is 26.6 Å². The van der Waals surface area contributed by atoms with Crippen LogP contribution in [-0.2, 0) is 38.1 Å². The van der Waals surface area contributed by atoms with Crippen molar-refractivity contribution in [1.29, 1.82) is 0 Å². The zero-order valence-corrected chi connectivity index (χ0v) is 40.0. The van der Waals surface area contributed by atoms with Gasteiger partial charge in [-0.2, -0.15) is 0 Å². The van der Waals surface area contributed by atoms with Gasteiger partial charge in [-0.05, 0) is 113 Å². The normalized spacial score (nSPS) is 41.3. The lowest BCUT2D eigenvalue weighted by atomic mass is 9.51. The number of carbonyl (C=O) groups excluding carboxylic acids is 4. The third-order valence-corrected chi connectivity index (χ3v) is 18.2. The van der Waals surface area contributed by atoms with Crippen molar-refractivity contribution in [2.75, 3.05) is 53.6 Å². The van der Waals surface area contributed by atoms with Crippen molar-refractivity contribution in [3.8, 4) is 0 Å². The van der Waals surface area contributed by atoms with E-state index in [0.29, 0.717) is 48.0 Å². The van der Waals surface area contributed by atoms with Gasteiger partial charge in [-0.1, -0.05) is 35.1 Å². The minimum absolute atomic E-state index is 0. The molecule has 0 spiro atoms. The van der Waals surface area contributed by atoms with Crippen LogP contribution in [0, 0.1) is 45.3 Å². The summed E-state index contributed by atoms with van der Waals surface area (Å²) in [5.74, 6) is -2.83. The van der Waals surface area contributed by atoms with E-state index < -0.39 is 69.6 Å². The summed E-state index contributed by atoms with van der Waals surface area (Å²) >= 11 is 0. The Labute approximate surface area is 395 Å². The van der Waals surface area contributed by atoms with Crippen LogP contribution in [0.25, 0.3) is 0 Å². The number of ether oxygens (including phenoxy) is 4. The summed E-state index contributed by atoms with van der Waals surface area (Å²) in [5, 5.41) is 44.4. The number of Topliss-reactive ketones (excluding diaryl/α,β-unsaturated/α-hetero) is 2. The third kappa shape index (κ3) is 7.14. The number of nitrogens with zero attached hydrogens (tertiary/aromatic N) is 2. The third-order valence-electron chi connectivity index (χ3n) is 18.2. The Balaban J connectivity index is 0.000000179. The van der Waals surface area contributed by atoms with Crippen molar-refractivity contribution >= 4 is 23.5 Å². The van der Waals surface area contributed by atoms with E-state index in [-0.39, 0.29) is 67.0 Å². The highest BCUT2D eigenvalue weighted by Gasteiger charge is 2.65. The molecule has 0 radical (unpaired) electrons. The molecule has 4 saturated heterocycles. The number of carbonyl (C=O) groups is 4. The number of allylic oxidation sites excluding steroid dienone is 2. The Bertz CT molecular complexity index is 2140. The van der Waals surface area contributed by atoms with Crippen LogP contribution in [0.5, 0.6) is 0 Å². The summed E-state index contributed by atoms with van der Waals surface area (Å²) in [5.41, 5.74) is 1.87. The fourth-order valence-corrected chi connectivity index (χ4v) is 15.1. The average molecular weight is 931 g/mol. The summed E-state index contributed by atoms with van der Waals surface area (Å²) in [6.07, 6.45) is 9.65. The second-order valence-corrected chi connectivity index (χ2v) is 21.9. The molecule has 0 aromatic carbocycles. The van der Waals surface area contributed by atoms with Gasteiger partial charge in [0.15, 0.2) is 11.5 Å². The molecule has 368 valence electrons. The maximum absolute atomic E-state index is 13.8. The van der Waals surface area contributed by atoms with Gasteiger partial charge in [-0.15, -0.1) is 0 Å². The number of methoxy groups -OCH3 is 2. The molecule has 4 N–H and O–H groups in total. The van der Waals surface area contributed by atoms with Gasteiger partial charge in [0.05, 0.1) is 47.4 Å². The maximum atomic E-state index is 13.8. The first kappa shape index (κ1) is 49.2. The summed E-state index contributed by atoms with van der Waals surface area (Å²) in [6.45, 7) is 15.9. The van der Waals surface area contributed by atoms with Crippen LogP contribution < -0.4 is 0 Å². The minimum atomic E-state index is -0.878. The molecule has 10 aliphatic rings. The predicted molar refractivity (Wildman–Crippen MR) is 249 cm³/mol. The maximum Gasteiger partial charge on any atom is 0.340 e. The number of hydrogen-bond acceptors (Lipinski definition) is 14. The van der Waals surface area contributed by atoms with Crippen LogP contribution in [-0.4, -0.2) is 132 Å². The molecule has 12 atom stereocenters. The monoisotopic (exact) mass is 931 g/mol. The fourth-order valence-electron chi connectivity index (χ4n) is 15.1. The summed E-state index contributed by atoms with van der Waals surface area (Å²) in [7, 11) is 3.13. The average Bonchev–Trinajstić information content (AvgIpc) is 4.09. The number of esters is 2. The van der Waals surface area contributed by atoms with Crippen LogP contribution in [0.1, 0.15) is 113 Å². The molecule has 6 aliphatic carbocycles. The Morgan fingerprint density at radius 1 is 0.612 bits per heavy atom. The van der Waals surface area contributed by atoms with Crippen LogP contribution in [0.3, 0.4) is 0 Å². The van der Waals surface area contributed by atoms with E-state index in [2.05, 4.69) is 37.5 Å². The van der Waals surface area contributed by atoms with Gasteiger partial charge in [-0.3, -0.25) is 9.59 Å². The second kappa shape index (κ2) is 17.6. The van der Waals surface area contributed by atoms with Gasteiger partial charge >= 0.3 is 11.9 Å². The molecule has 0 bridgehead atoms. The van der Waals surface area contributed by atoms with E-state index in [1.165, 1.54) is 0 Å². The molecule has 6 fully saturated rings. The Morgan fingerprint density at radius 2 is 0.955 bits per heavy atom. The van der Waals surface area contributed by atoms with E-state index in [0.717, 1.165) is 75.9 Å². The van der Waals surface area contributed by atoms with Crippen LogP contribution in [0.2, 0.25) is 0 Å². The Morgan fingerprint density at radius 3 is 1.28 bits per heavy atom. The zero-order valence-electron chi connectivity index (χ0n) is 40.0. The number of ketones is 2. The van der Waals surface area contributed by atoms with Gasteiger partial charge in [0.25, 0.3) is 0 Å². The lowest BCUT2D eigenvalue weighted by Gasteiger charge is -2.54. The summed E-state index contributed by atoms with van der Waals surface area (Å²) in [6, 6.07) is 0. The molecule has 0 amide bonds. The van der Waals surface area contributed by atoms with Crippen LogP contribution in [0.4, 0.5) is 0 Å². The van der Waals surface area contributed by atoms with E-state index in [9.17, 15) is 39.6 Å². The molecule has 67 heavy (non-hydrogen) atoms. The molecule has 0 aromatic rings.